The number of carbonyl (C=O) groups excluding carboxylic acids is 3. The van der Waals surface area contributed by atoms with Crippen LogP contribution in [0.25, 0.3) is 0 Å². The third-order valence-electron chi connectivity index (χ3n) is 6.11. The lowest BCUT2D eigenvalue weighted by molar-refractivity contribution is -0.136. The quantitative estimate of drug-likeness (QED) is 0.672. The highest BCUT2D eigenvalue weighted by atomic mass is 16.5. The Morgan fingerprint density at radius 1 is 1.12 bits per heavy atom. The van der Waals surface area contributed by atoms with Gasteiger partial charge in [0.05, 0.1) is 25.2 Å². The maximum Gasteiger partial charge on any atom is 0.255 e. The van der Waals surface area contributed by atoms with Crippen LogP contribution >= 0.6 is 0 Å². The average Bonchev–Trinajstić information content (AvgIpc) is 3.19. The molecule has 0 aromatic heterocycles. The molecule has 5 rings (SSSR count). The van der Waals surface area contributed by atoms with E-state index in [1.165, 1.54) is 23.1 Å². The molecule has 3 amide bonds. The van der Waals surface area contributed by atoms with Gasteiger partial charge in [0.1, 0.15) is 18.4 Å². The van der Waals surface area contributed by atoms with Gasteiger partial charge in [-0.2, -0.15) is 0 Å². The number of ether oxygens (including phenoxy) is 2. The summed E-state index contributed by atoms with van der Waals surface area (Å²) in [7, 11) is 0. The summed E-state index contributed by atoms with van der Waals surface area (Å²) in [5.74, 6) is -1.18. The van der Waals surface area contributed by atoms with E-state index in [9.17, 15) is 14.4 Å². The monoisotopic (exact) mass is 453 g/mol. The molecule has 172 valence electrons. The van der Waals surface area contributed by atoms with Gasteiger partial charge in [-0.15, -0.1) is 0 Å². The Hall–Kier alpha value is -3.23. The van der Waals surface area contributed by atoms with E-state index in [0.29, 0.717) is 36.4 Å². The molecule has 8 heteroatoms. The number of carbonyl (C=O) groups is 3. The second-order valence-electron chi connectivity index (χ2n) is 8.29. The summed E-state index contributed by atoms with van der Waals surface area (Å²) in [6, 6.07) is 6.74. The van der Waals surface area contributed by atoms with Gasteiger partial charge in [-0.05, 0) is 29.7 Å². The molecule has 1 unspecified atom stereocenters. The standard InChI is InChI=1S/C25H27N3O5/c29-23-9-8-21(24(30)26-23)28-15-20-19(25(28)31)2-1-3-22(20)33-16-18-6-4-17(5-7-18)14-27-10-12-32-13-11-27/h1-7,21H,8-16H2,(H,26,29,30)/i4D,7D,16D2. The van der Waals surface area contributed by atoms with Gasteiger partial charge in [0.25, 0.3) is 5.91 Å². The third-order valence-corrected chi connectivity index (χ3v) is 6.11. The molecule has 2 saturated heterocycles. The van der Waals surface area contributed by atoms with Gasteiger partial charge in [-0.25, -0.2) is 0 Å². The maximum atomic E-state index is 13.1. The Bertz CT molecular complexity index is 1270. The van der Waals surface area contributed by atoms with Crippen LogP contribution in [-0.2, 0) is 34.0 Å². The molecule has 2 fully saturated rings. The van der Waals surface area contributed by atoms with Crippen LogP contribution in [0.2, 0.25) is 0 Å². The van der Waals surface area contributed by atoms with Gasteiger partial charge >= 0.3 is 0 Å². The molecule has 2 aromatic carbocycles. The second kappa shape index (κ2) is 9.33. The van der Waals surface area contributed by atoms with Crippen molar-refractivity contribution in [2.24, 2.45) is 0 Å². The fourth-order valence-corrected chi connectivity index (χ4v) is 4.33. The molecule has 0 saturated carbocycles. The molecule has 0 bridgehead atoms. The van der Waals surface area contributed by atoms with Gasteiger partial charge in [-0.3, -0.25) is 24.6 Å². The van der Waals surface area contributed by atoms with Crippen molar-refractivity contribution in [2.45, 2.75) is 38.5 Å². The van der Waals surface area contributed by atoms with Gasteiger partial charge in [0.2, 0.25) is 11.8 Å². The Morgan fingerprint density at radius 2 is 1.91 bits per heavy atom. The predicted octanol–water partition coefficient (Wildman–Crippen LogP) is 1.86. The number of nitrogens with zero attached hydrogens (tertiary/aromatic N) is 2. The number of hydrogen-bond acceptors (Lipinski definition) is 6. The van der Waals surface area contributed by atoms with Crippen LogP contribution in [0.1, 0.15) is 45.4 Å². The summed E-state index contributed by atoms with van der Waals surface area (Å²) in [5, 5.41) is 2.26. The van der Waals surface area contributed by atoms with Crippen molar-refractivity contribution in [1.29, 1.82) is 0 Å². The largest absolute Gasteiger partial charge is 0.489 e. The van der Waals surface area contributed by atoms with E-state index < -0.39 is 24.4 Å². The smallest absolute Gasteiger partial charge is 0.255 e. The topological polar surface area (TPSA) is 88.2 Å². The average molecular weight is 454 g/mol. The Balaban J connectivity index is 1.37. The van der Waals surface area contributed by atoms with Crippen LogP contribution in [0.4, 0.5) is 0 Å². The van der Waals surface area contributed by atoms with Gasteiger partial charge in [-0.1, -0.05) is 30.3 Å². The number of imide groups is 1. The number of morpholine rings is 1. The molecule has 33 heavy (non-hydrogen) atoms. The summed E-state index contributed by atoms with van der Waals surface area (Å²) >= 11 is 0. The highest BCUT2D eigenvalue weighted by molar-refractivity contribution is 6.05. The molecule has 0 radical (unpaired) electrons. The molecule has 0 aliphatic carbocycles. The fraction of sp³-hybridized carbons (Fsp3) is 0.400. The van der Waals surface area contributed by atoms with E-state index in [2.05, 4.69) is 10.2 Å². The van der Waals surface area contributed by atoms with Crippen molar-refractivity contribution in [3.8, 4) is 5.75 Å². The van der Waals surface area contributed by atoms with Crippen molar-refractivity contribution in [1.82, 2.24) is 15.1 Å². The lowest BCUT2D eigenvalue weighted by Crippen LogP contribution is -2.52. The SMILES string of the molecule is [2H]c1cc(C([2H])([2H])Oc2cccc3c2CN(C2CCC(=O)NC2=O)C3=O)c([2H])cc1CN1CCOCC1. The number of nitrogens with one attached hydrogen (secondary N) is 1. The molecule has 3 aliphatic heterocycles. The van der Waals surface area contributed by atoms with Crippen LogP contribution < -0.4 is 10.1 Å². The fourth-order valence-electron chi connectivity index (χ4n) is 4.33. The van der Waals surface area contributed by atoms with Crippen molar-refractivity contribution < 1.29 is 29.3 Å². The molecule has 1 N–H and O–H groups in total. The first-order valence-electron chi connectivity index (χ1n) is 13.0. The zero-order valence-corrected chi connectivity index (χ0v) is 18.1. The summed E-state index contributed by atoms with van der Waals surface area (Å²) in [4.78, 5) is 40.4. The van der Waals surface area contributed by atoms with E-state index in [0.717, 1.165) is 13.1 Å². The van der Waals surface area contributed by atoms with Crippen LogP contribution in [-0.4, -0.2) is 59.9 Å². The molecular weight excluding hydrogens is 422 g/mol. The number of rotatable bonds is 6. The minimum Gasteiger partial charge on any atom is -0.489 e. The van der Waals surface area contributed by atoms with Gasteiger partial charge < -0.3 is 14.4 Å². The van der Waals surface area contributed by atoms with Crippen LogP contribution in [0.15, 0.2) is 42.4 Å². The minimum atomic E-state index is -2.45. The summed E-state index contributed by atoms with van der Waals surface area (Å²) in [6.07, 6.45) is 0.346. The number of benzene rings is 2. The predicted molar refractivity (Wildman–Crippen MR) is 119 cm³/mol. The second-order valence-corrected chi connectivity index (χ2v) is 8.29. The zero-order valence-electron chi connectivity index (χ0n) is 22.1. The zero-order chi connectivity index (χ0) is 26.3. The Labute approximate surface area is 198 Å². The summed E-state index contributed by atoms with van der Waals surface area (Å²) in [6.45, 7) is 0.731. The van der Waals surface area contributed by atoms with Gasteiger partial charge in [0.15, 0.2) is 0 Å². The van der Waals surface area contributed by atoms with E-state index in [1.54, 1.807) is 12.1 Å². The van der Waals surface area contributed by atoms with E-state index in [4.69, 9.17) is 15.0 Å². The number of hydrogen-bond donors (Lipinski definition) is 1. The van der Waals surface area contributed by atoms with Crippen LogP contribution in [0.5, 0.6) is 5.75 Å². The van der Waals surface area contributed by atoms with E-state index in [1.807, 2.05) is 0 Å². The number of amides is 3. The summed E-state index contributed by atoms with van der Waals surface area (Å²) in [5.41, 5.74) is 1.26. The Morgan fingerprint density at radius 3 is 2.73 bits per heavy atom. The van der Waals surface area contributed by atoms with Crippen molar-refractivity contribution >= 4 is 17.7 Å². The Kier molecular flexibility index (Phi) is 4.88. The molecule has 2 aromatic rings. The maximum absolute atomic E-state index is 13.1. The first kappa shape index (κ1) is 17.3. The van der Waals surface area contributed by atoms with Gasteiger partial charge in [0, 0.05) is 37.2 Å². The minimum absolute atomic E-state index is 0.0304. The molecule has 8 nitrogen and oxygen atoms in total. The van der Waals surface area contributed by atoms with Crippen molar-refractivity contribution in [3.05, 3.63) is 64.7 Å². The third kappa shape index (κ3) is 4.62. The van der Waals surface area contributed by atoms with E-state index in [-0.39, 0.29) is 48.7 Å². The molecule has 3 aliphatic rings. The number of piperidine rings is 1. The highest BCUT2D eigenvalue weighted by Gasteiger charge is 2.40. The highest BCUT2D eigenvalue weighted by Crippen LogP contribution is 2.34. The molecule has 0 spiro atoms. The van der Waals surface area contributed by atoms with Crippen molar-refractivity contribution in [2.75, 3.05) is 26.3 Å². The molecular formula is C25H27N3O5. The first-order valence-corrected chi connectivity index (χ1v) is 11.0. The van der Waals surface area contributed by atoms with Crippen LogP contribution in [0.3, 0.4) is 0 Å². The van der Waals surface area contributed by atoms with E-state index >= 15 is 0 Å². The molecule has 3 heterocycles. The summed E-state index contributed by atoms with van der Waals surface area (Å²) < 4.78 is 45.2. The van der Waals surface area contributed by atoms with Crippen molar-refractivity contribution in [3.63, 3.8) is 0 Å². The van der Waals surface area contributed by atoms with Crippen LogP contribution in [0, 0.1) is 0 Å². The lowest BCUT2D eigenvalue weighted by atomic mass is 10.0. The lowest BCUT2D eigenvalue weighted by Gasteiger charge is -2.29. The molecule has 1 atom stereocenters. The number of fused-ring (bicyclic) bond motifs is 1. The first-order chi connectivity index (χ1) is 17.6. The normalized spacial score (nSPS) is 23.3.